The van der Waals surface area contributed by atoms with Gasteiger partial charge in [-0.1, -0.05) is 17.7 Å². The summed E-state index contributed by atoms with van der Waals surface area (Å²) in [5, 5.41) is 1.80. The van der Waals surface area contributed by atoms with Gasteiger partial charge >= 0.3 is 6.18 Å². The highest BCUT2D eigenvalue weighted by molar-refractivity contribution is 6.32. The number of fused-ring (bicyclic) bond motifs is 3. The van der Waals surface area contributed by atoms with E-state index in [4.69, 9.17) is 11.6 Å². The summed E-state index contributed by atoms with van der Waals surface area (Å²) in [6.45, 7) is -1.10. The Bertz CT molecular complexity index is 1070. The minimum absolute atomic E-state index is 0.419. The molecule has 126 valence electrons. The number of rotatable bonds is 2. The van der Waals surface area contributed by atoms with Crippen LogP contribution >= 0.6 is 11.6 Å². The Kier molecular flexibility index (Phi) is 3.65. The maximum atomic E-state index is 13.2. The molecule has 4 aromatic rings. The molecule has 0 spiro atoms. The van der Waals surface area contributed by atoms with Gasteiger partial charge in [-0.05, 0) is 24.3 Å². The summed E-state index contributed by atoms with van der Waals surface area (Å²) in [4.78, 5) is 8.06. The zero-order chi connectivity index (χ0) is 17.6. The topological polar surface area (TPSA) is 30.7 Å². The van der Waals surface area contributed by atoms with Crippen molar-refractivity contribution in [3.63, 3.8) is 0 Å². The summed E-state index contributed by atoms with van der Waals surface area (Å²) in [6, 6.07) is 8.59. The van der Waals surface area contributed by atoms with E-state index in [1.54, 1.807) is 48.9 Å². The predicted octanol–water partition coefficient (Wildman–Crippen LogP) is 5.47. The van der Waals surface area contributed by atoms with E-state index in [-0.39, 0.29) is 0 Å². The molecule has 1 aromatic carbocycles. The lowest BCUT2D eigenvalue weighted by Gasteiger charge is -2.13. The monoisotopic (exact) mass is 361 g/mol. The molecule has 0 N–H and O–H groups in total. The average molecular weight is 362 g/mol. The zero-order valence-electron chi connectivity index (χ0n) is 12.8. The van der Waals surface area contributed by atoms with Crippen LogP contribution in [0.3, 0.4) is 0 Å². The third-order valence-corrected chi connectivity index (χ3v) is 4.25. The van der Waals surface area contributed by atoms with Crippen LogP contribution in [0.5, 0.6) is 0 Å². The Labute approximate surface area is 145 Å². The van der Waals surface area contributed by atoms with Gasteiger partial charge in [-0.25, -0.2) is 0 Å². The number of alkyl halides is 3. The third-order valence-electron chi connectivity index (χ3n) is 4.04. The minimum atomic E-state index is -4.36. The molecule has 7 heteroatoms. The van der Waals surface area contributed by atoms with E-state index in [9.17, 15) is 13.2 Å². The Morgan fingerprint density at radius 2 is 1.80 bits per heavy atom. The average Bonchev–Trinajstić information content (AvgIpc) is 2.88. The van der Waals surface area contributed by atoms with Gasteiger partial charge in [0, 0.05) is 45.5 Å². The quantitative estimate of drug-likeness (QED) is 0.474. The smallest absolute Gasteiger partial charge is 0.329 e. The molecular weight excluding hydrogens is 351 g/mol. The Morgan fingerprint density at radius 1 is 1.00 bits per heavy atom. The van der Waals surface area contributed by atoms with E-state index in [0.29, 0.717) is 38.0 Å². The van der Waals surface area contributed by atoms with Gasteiger partial charge in [0.15, 0.2) is 0 Å². The van der Waals surface area contributed by atoms with E-state index >= 15 is 0 Å². The highest BCUT2D eigenvalue weighted by Gasteiger charge is 2.30. The van der Waals surface area contributed by atoms with Crippen molar-refractivity contribution in [3.05, 3.63) is 60.1 Å². The fourth-order valence-electron chi connectivity index (χ4n) is 3.13. The van der Waals surface area contributed by atoms with Crippen molar-refractivity contribution in [2.24, 2.45) is 0 Å². The van der Waals surface area contributed by atoms with Crippen LogP contribution in [0.2, 0.25) is 5.02 Å². The number of pyridine rings is 2. The molecule has 0 aliphatic rings. The molecule has 0 fully saturated rings. The van der Waals surface area contributed by atoms with E-state index in [1.165, 1.54) is 10.8 Å². The van der Waals surface area contributed by atoms with Crippen LogP contribution in [-0.4, -0.2) is 20.7 Å². The van der Waals surface area contributed by atoms with Gasteiger partial charge in [0.05, 0.1) is 17.2 Å². The molecule has 0 aliphatic heterocycles. The molecule has 0 aliphatic carbocycles. The normalized spacial score (nSPS) is 12.2. The van der Waals surface area contributed by atoms with Gasteiger partial charge in [0.25, 0.3) is 0 Å². The minimum Gasteiger partial charge on any atom is -0.329 e. The van der Waals surface area contributed by atoms with Crippen molar-refractivity contribution in [3.8, 4) is 11.1 Å². The zero-order valence-corrected chi connectivity index (χ0v) is 13.5. The van der Waals surface area contributed by atoms with E-state index < -0.39 is 12.7 Å². The molecule has 0 saturated heterocycles. The van der Waals surface area contributed by atoms with Crippen LogP contribution in [0.4, 0.5) is 13.2 Å². The molecule has 0 radical (unpaired) electrons. The summed E-state index contributed by atoms with van der Waals surface area (Å²) in [5.74, 6) is 0. The molecule has 0 bridgehead atoms. The Hall–Kier alpha value is -2.60. The maximum Gasteiger partial charge on any atom is 0.406 e. The van der Waals surface area contributed by atoms with Crippen molar-refractivity contribution in [1.29, 1.82) is 0 Å². The van der Waals surface area contributed by atoms with Gasteiger partial charge in [0.2, 0.25) is 0 Å². The summed E-state index contributed by atoms with van der Waals surface area (Å²) in [5.41, 5.74) is 2.20. The molecule has 0 saturated carbocycles. The molecule has 3 heterocycles. The first-order valence-corrected chi connectivity index (χ1v) is 7.84. The van der Waals surface area contributed by atoms with Crippen molar-refractivity contribution in [2.45, 2.75) is 12.7 Å². The van der Waals surface area contributed by atoms with Crippen molar-refractivity contribution < 1.29 is 13.2 Å². The van der Waals surface area contributed by atoms with Gasteiger partial charge < -0.3 is 4.57 Å². The molecule has 25 heavy (non-hydrogen) atoms. The first-order chi connectivity index (χ1) is 11.9. The summed E-state index contributed by atoms with van der Waals surface area (Å²) in [7, 11) is 0. The summed E-state index contributed by atoms with van der Waals surface area (Å²) >= 11 is 6.25. The second kappa shape index (κ2) is 5.74. The Morgan fingerprint density at radius 3 is 2.52 bits per heavy atom. The maximum absolute atomic E-state index is 13.2. The van der Waals surface area contributed by atoms with Crippen molar-refractivity contribution >= 4 is 33.4 Å². The van der Waals surface area contributed by atoms with Gasteiger partial charge in [-0.2, -0.15) is 13.2 Å². The number of halogens is 4. The standard InChI is InChI=1S/C18H11ClF3N3/c19-12-6-14(11-2-1-4-23-8-11)17-15(7-12)13-3-5-24-9-16(13)25(17)10-18(20,21)22/h1-9H,10H2. The van der Waals surface area contributed by atoms with Crippen molar-refractivity contribution in [1.82, 2.24) is 14.5 Å². The van der Waals surface area contributed by atoms with Crippen LogP contribution in [0.25, 0.3) is 32.9 Å². The van der Waals surface area contributed by atoms with E-state index in [0.717, 1.165) is 0 Å². The highest BCUT2D eigenvalue weighted by atomic mass is 35.5. The van der Waals surface area contributed by atoms with Crippen LogP contribution in [0.1, 0.15) is 0 Å². The van der Waals surface area contributed by atoms with E-state index in [1.807, 2.05) is 0 Å². The second-order valence-electron chi connectivity index (χ2n) is 5.69. The van der Waals surface area contributed by atoms with Gasteiger partial charge in [0.1, 0.15) is 6.54 Å². The SMILES string of the molecule is FC(F)(F)Cn1c2cnccc2c2cc(Cl)cc(-c3cccnc3)c21. The lowest BCUT2D eigenvalue weighted by atomic mass is 10.0. The van der Waals surface area contributed by atoms with Crippen LogP contribution in [-0.2, 0) is 6.54 Å². The van der Waals surface area contributed by atoms with Crippen molar-refractivity contribution in [2.75, 3.05) is 0 Å². The fourth-order valence-corrected chi connectivity index (χ4v) is 3.35. The molecule has 0 atom stereocenters. The summed E-state index contributed by atoms with van der Waals surface area (Å²) in [6.07, 6.45) is 1.87. The molecule has 3 nitrogen and oxygen atoms in total. The van der Waals surface area contributed by atoms with Crippen LogP contribution in [0.15, 0.2) is 55.1 Å². The first kappa shape index (κ1) is 15.9. The molecule has 0 unspecified atom stereocenters. The molecule has 0 amide bonds. The van der Waals surface area contributed by atoms with E-state index in [2.05, 4.69) is 9.97 Å². The molecule has 4 rings (SSSR count). The fraction of sp³-hybridized carbons (Fsp3) is 0.111. The van der Waals surface area contributed by atoms with Gasteiger partial charge in [-0.15, -0.1) is 0 Å². The summed E-state index contributed by atoms with van der Waals surface area (Å²) < 4.78 is 40.9. The molecule has 3 aromatic heterocycles. The number of hydrogen-bond donors (Lipinski definition) is 0. The number of nitrogens with zero attached hydrogens (tertiary/aromatic N) is 3. The first-order valence-electron chi connectivity index (χ1n) is 7.47. The number of benzene rings is 1. The second-order valence-corrected chi connectivity index (χ2v) is 6.12. The lowest BCUT2D eigenvalue weighted by molar-refractivity contribution is -0.139. The third kappa shape index (κ3) is 2.82. The largest absolute Gasteiger partial charge is 0.406 e. The predicted molar refractivity (Wildman–Crippen MR) is 91.5 cm³/mol. The Balaban J connectivity index is 2.16. The van der Waals surface area contributed by atoms with Crippen LogP contribution in [0, 0.1) is 0 Å². The van der Waals surface area contributed by atoms with Gasteiger partial charge in [-0.3, -0.25) is 9.97 Å². The number of hydrogen-bond acceptors (Lipinski definition) is 2. The van der Waals surface area contributed by atoms with Crippen LogP contribution < -0.4 is 0 Å². The molecular formula is C18H11ClF3N3. The number of aromatic nitrogens is 3. The lowest BCUT2D eigenvalue weighted by Crippen LogP contribution is -2.17. The highest BCUT2D eigenvalue weighted by Crippen LogP contribution is 2.39.